The zero-order chi connectivity index (χ0) is 15.1. The maximum Gasteiger partial charge on any atom is 0.225 e. The van der Waals surface area contributed by atoms with E-state index in [1.165, 1.54) is 0 Å². The molecule has 7 heteroatoms. The maximum atomic E-state index is 5.85. The number of nitrogens with zero attached hydrogens (tertiary/aromatic N) is 6. The summed E-state index contributed by atoms with van der Waals surface area (Å²) in [6.45, 7) is 6.05. The Morgan fingerprint density at radius 2 is 1.59 bits per heavy atom. The highest BCUT2D eigenvalue weighted by Crippen LogP contribution is 2.34. The lowest BCUT2D eigenvalue weighted by atomic mass is 10.0. The van der Waals surface area contributed by atoms with Crippen molar-refractivity contribution in [3.8, 4) is 0 Å². The first kappa shape index (κ1) is 13.7. The van der Waals surface area contributed by atoms with E-state index in [2.05, 4.69) is 35.8 Å². The molecule has 0 spiro atoms. The lowest BCUT2D eigenvalue weighted by Crippen LogP contribution is -2.30. The van der Waals surface area contributed by atoms with Crippen LogP contribution in [-0.2, 0) is 0 Å². The van der Waals surface area contributed by atoms with Crippen LogP contribution in [0.5, 0.6) is 0 Å². The molecule has 6 nitrogen and oxygen atoms in total. The molecule has 2 fully saturated rings. The molecule has 0 aliphatic carbocycles. The highest BCUT2D eigenvalue weighted by molar-refractivity contribution is 6.30. The molecule has 0 N–H and O–H groups in total. The standard InChI is InChI=1S/C15H17ClN6/c1-10-2-14(20-9-19-10)21-5-11-7-22(8-12(11)6-21)15-17-3-13(16)4-18-15/h2-4,9,11-12H,5-8H2,1H3. The normalized spacial score (nSPS) is 23.9. The predicted octanol–water partition coefficient (Wildman–Crippen LogP) is 1.80. The molecule has 0 radical (unpaired) electrons. The van der Waals surface area contributed by atoms with Crippen molar-refractivity contribution in [2.45, 2.75) is 6.92 Å². The lowest BCUT2D eigenvalue weighted by Gasteiger charge is -2.22. The van der Waals surface area contributed by atoms with Crippen molar-refractivity contribution in [1.82, 2.24) is 19.9 Å². The Balaban J connectivity index is 1.45. The van der Waals surface area contributed by atoms with Gasteiger partial charge in [-0.1, -0.05) is 11.6 Å². The van der Waals surface area contributed by atoms with Gasteiger partial charge in [-0.05, 0) is 6.92 Å². The zero-order valence-corrected chi connectivity index (χ0v) is 13.1. The summed E-state index contributed by atoms with van der Waals surface area (Å²) < 4.78 is 0. The molecule has 2 aromatic rings. The van der Waals surface area contributed by atoms with Gasteiger partial charge in [-0.3, -0.25) is 0 Å². The molecule has 2 atom stereocenters. The van der Waals surface area contributed by atoms with Crippen LogP contribution in [0.15, 0.2) is 24.8 Å². The second-order valence-electron chi connectivity index (χ2n) is 6.05. The number of fused-ring (bicyclic) bond motifs is 1. The van der Waals surface area contributed by atoms with Crippen molar-refractivity contribution >= 4 is 23.4 Å². The largest absolute Gasteiger partial charge is 0.356 e. The molecule has 2 aliphatic rings. The molecule has 2 saturated heterocycles. The van der Waals surface area contributed by atoms with Crippen LogP contribution in [0.3, 0.4) is 0 Å². The van der Waals surface area contributed by atoms with Gasteiger partial charge in [0, 0.05) is 49.8 Å². The Morgan fingerprint density at radius 1 is 0.955 bits per heavy atom. The van der Waals surface area contributed by atoms with Gasteiger partial charge in [-0.25, -0.2) is 19.9 Å². The van der Waals surface area contributed by atoms with Gasteiger partial charge >= 0.3 is 0 Å². The van der Waals surface area contributed by atoms with Crippen molar-refractivity contribution in [1.29, 1.82) is 0 Å². The van der Waals surface area contributed by atoms with Crippen molar-refractivity contribution in [2.75, 3.05) is 36.0 Å². The van der Waals surface area contributed by atoms with Gasteiger partial charge in [0.15, 0.2) is 0 Å². The third-order valence-electron chi connectivity index (χ3n) is 4.49. The fourth-order valence-corrected chi connectivity index (χ4v) is 3.52. The molecular formula is C15H17ClN6. The van der Waals surface area contributed by atoms with E-state index in [4.69, 9.17) is 11.6 Å². The molecular weight excluding hydrogens is 300 g/mol. The van der Waals surface area contributed by atoms with Gasteiger partial charge in [-0.15, -0.1) is 0 Å². The van der Waals surface area contributed by atoms with Crippen LogP contribution >= 0.6 is 11.6 Å². The molecule has 114 valence electrons. The Morgan fingerprint density at radius 3 is 2.23 bits per heavy atom. The van der Waals surface area contributed by atoms with Crippen LogP contribution < -0.4 is 9.80 Å². The third kappa shape index (κ3) is 2.47. The summed E-state index contributed by atoms with van der Waals surface area (Å²) in [4.78, 5) is 21.8. The average molecular weight is 317 g/mol. The number of anilines is 2. The summed E-state index contributed by atoms with van der Waals surface area (Å²) in [7, 11) is 0. The van der Waals surface area contributed by atoms with Crippen LogP contribution in [-0.4, -0.2) is 46.1 Å². The van der Waals surface area contributed by atoms with Crippen LogP contribution in [0.2, 0.25) is 5.02 Å². The Hall–Kier alpha value is -1.95. The minimum Gasteiger partial charge on any atom is -0.356 e. The van der Waals surface area contributed by atoms with Crippen LogP contribution in [0, 0.1) is 18.8 Å². The zero-order valence-electron chi connectivity index (χ0n) is 12.4. The quantitative estimate of drug-likeness (QED) is 0.842. The van der Waals surface area contributed by atoms with E-state index >= 15 is 0 Å². The topological polar surface area (TPSA) is 58.0 Å². The Kier molecular flexibility index (Phi) is 3.33. The highest BCUT2D eigenvalue weighted by Gasteiger charge is 2.41. The van der Waals surface area contributed by atoms with E-state index in [0.29, 0.717) is 16.9 Å². The fourth-order valence-electron chi connectivity index (χ4n) is 3.43. The van der Waals surface area contributed by atoms with E-state index in [0.717, 1.165) is 43.6 Å². The number of halogens is 1. The molecule has 0 amide bonds. The second-order valence-corrected chi connectivity index (χ2v) is 6.49. The first-order valence-corrected chi connectivity index (χ1v) is 7.83. The number of aryl methyl sites for hydroxylation is 1. The smallest absolute Gasteiger partial charge is 0.225 e. The van der Waals surface area contributed by atoms with Crippen LogP contribution in [0.25, 0.3) is 0 Å². The maximum absolute atomic E-state index is 5.85. The molecule has 22 heavy (non-hydrogen) atoms. The fraction of sp³-hybridized carbons (Fsp3) is 0.467. The van der Waals surface area contributed by atoms with Crippen LogP contribution in [0.4, 0.5) is 11.8 Å². The molecule has 4 rings (SSSR count). The molecule has 2 unspecified atom stereocenters. The van der Waals surface area contributed by atoms with Crippen molar-refractivity contribution in [3.05, 3.63) is 35.5 Å². The number of hydrogen-bond acceptors (Lipinski definition) is 6. The van der Waals surface area contributed by atoms with Gasteiger partial charge in [0.05, 0.1) is 17.4 Å². The summed E-state index contributed by atoms with van der Waals surface area (Å²) in [5, 5.41) is 0.577. The summed E-state index contributed by atoms with van der Waals surface area (Å²) >= 11 is 5.85. The highest BCUT2D eigenvalue weighted by atomic mass is 35.5. The van der Waals surface area contributed by atoms with Crippen LogP contribution in [0.1, 0.15) is 5.69 Å². The summed E-state index contributed by atoms with van der Waals surface area (Å²) in [6, 6.07) is 2.06. The van der Waals surface area contributed by atoms with Gasteiger partial charge in [-0.2, -0.15) is 0 Å². The van der Waals surface area contributed by atoms with Crippen molar-refractivity contribution < 1.29 is 0 Å². The second kappa shape index (κ2) is 5.35. The molecule has 4 heterocycles. The third-order valence-corrected chi connectivity index (χ3v) is 4.68. The van der Waals surface area contributed by atoms with Gasteiger partial charge in [0.25, 0.3) is 0 Å². The van der Waals surface area contributed by atoms with E-state index < -0.39 is 0 Å². The van der Waals surface area contributed by atoms with Gasteiger partial charge in [0.1, 0.15) is 12.1 Å². The number of rotatable bonds is 2. The van der Waals surface area contributed by atoms with Crippen molar-refractivity contribution in [2.24, 2.45) is 11.8 Å². The summed E-state index contributed by atoms with van der Waals surface area (Å²) in [5.41, 5.74) is 1.01. The first-order chi connectivity index (χ1) is 10.7. The minimum absolute atomic E-state index is 0.577. The number of hydrogen-bond donors (Lipinski definition) is 0. The van der Waals surface area contributed by atoms with E-state index in [9.17, 15) is 0 Å². The van der Waals surface area contributed by atoms with Gasteiger partial charge < -0.3 is 9.80 Å². The summed E-state index contributed by atoms with van der Waals surface area (Å²) in [5.74, 6) is 3.09. The van der Waals surface area contributed by atoms with E-state index in [1.54, 1.807) is 18.7 Å². The molecule has 2 aliphatic heterocycles. The van der Waals surface area contributed by atoms with E-state index in [-0.39, 0.29) is 0 Å². The molecule has 0 saturated carbocycles. The molecule has 2 aromatic heterocycles. The number of aromatic nitrogens is 4. The summed E-state index contributed by atoms with van der Waals surface area (Å²) in [6.07, 6.45) is 4.97. The Labute approximate surface area is 134 Å². The molecule has 0 bridgehead atoms. The van der Waals surface area contributed by atoms with E-state index in [1.807, 2.05) is 6.92 Å². The minimum atomic E-state index is 0.577. The monoisotopic (exact) mass is 316 g/mol. The SMILES string of the molecule is Cc1cc(N2CC3CN(c4ncc(Cl)cn4)CC3C2)ncn1. The molecule has 0 aromatic carbocycles. The lowest BCUT2D eigenvalue weighted by molar-refractivity contribution is 0.533. The predicted molar refractivity (Wildman–Crippen MR) is 85.2 cm³/mol. The van der Waals surface area contributed by atoms with Crippen molar-refractivity contribution in [3.63, 3.8) is 0 Å². The first-order valence-electron chi connectivity index (χ1n) is 7.45. The van der Waals surface area contributed by atoms with Gasteiger partial charge in [0.2, 0.25) is 5.95 Å². The Bertz CT molecular complexity index is 662. The average Bonchev–Trinajstić information content (AvgIpc) is 3.06.